The van der Waals surface area contributed by atoms with Crippen molar-refractivity contribution in [3.63, 3.8) is 0 Å². The van der Waals surface area contributed by atoms with Gasteiger partial charge < -0.3 is 20.2 Å². The molecular weight excluding hydrogens is 294 g/mol. The largest absolute Gasteiger partial charge is 0.390 e. The van der Waals surface area contributed by atoms with Crippen molar-refractivity contribution in [2.45, 2.75) is 0 Å². The second kappa shape index (κ2) is 5.05. The van der Waals surface area contributed by atoms with Crippen molar-refractivity contribution in [1.29, 1.82) is 0 Å². The average Bonchev–Trinajstić information content (AvgIpc) is 3.17. The van der Waals surface area contributed by atoms with E-state index in [2.05, 4.69) is 15.2 Å². The van der Waals surface area contributed by atoms with Crippen molar-refractivity contribution in [1.82, 2.24) is 24.5 Å². The van der Waals surface area contributed by atoms with Crippen LogP contribution in [0.15, 0.2) is 42.9 Å². The normalized spacial score (nSPS) is 10.5. The van der Waals surface area contributed by atoms with Crippen molar-refractivity contribution in [3.8, 4) is 11.5 Å². The predicted molar refractivity (Wildman–Crippen MR) is 71.8 cm³/mol. The molecule has 0 spiro atoms. The molecule has 3 aromatic rings. The Morgan fingerprint density at radius 3 is 2.09 bits per heavy atom. The summed E-state index contributed by atoms with van der Waals surface area (Å²) in [7, 11) is 0. The summed E-state index contributed by atoms with van der Waals surface area (Å²) >= 11 is 0. The van der Waals surface area contributed by atoms with Gasteiger partial charge in [-0.05, 0) is 15.9 Å². The fourth-order valence-corrected chi connectivity index (χ4v) is 1.77. The van der Waals surface area contributed by atoms with E-state index in [-0.39, 0.29) is 11.6 Å². The molecule has 0 aliphatic carbocycles. The van der Waals surface area contributed by atoms with E-state index in [1.165, 1.54) is 40.1 Å². The molecule has 0 radical (unpaired) electrons. The standard InChI is InChI=1S/C11H7N7O4/c19-17(20)9-2-5-15(13-9)8-1-4-12-11(7-8)16-6-3-10(14-16)18(21)22/h1-7H. The predicted octanol–water partition coefficient (Wildman–Crippen LogP) is 1.27. The molecule has 0 aliphatic rings. The van der Waals surface area contributed by atoms with Crippen molar-refractivity contribution in [2.75, 3.05) is 0 Å². The first-order valence-electron chi connectivity index (χ1n) is 5.91. The van der Waals surface area contributed by atoms with Gasteiger partial charge in [0.2, 0.25) is 0 Å². The molecule has 0 unspecified atom stereocenters. The Balaban J connectivity index is 1.97. The van der Waals surface area contributed by atoms with Crippen molar-refractivity contribution in [3.05, 3.63) is 63.1 Å². The highest BCUT2D eigenvalue weighted by atomic mass is 16.6. The summed E-state index contributed by atoms with van der Waals surface area (Å²) in [5.41, 5.74) is 0.510. The molecule has 0 atom stereocenters. The maximum atomic E-state index is 10.6. The number of nitrogens with zero attached hydrogens (tertiary/aromatic N) is 7. The van der Waals surface area contributed by atoms with Crippen LogP contribution in [0.3, 0.4) is 0 Å². The number of hydrogen-bond donors (Lipinski definition) is 0. The van der Waals surface area contributed by atoms with Crippen molar-refractivity contribution < 1.29 is 9.85 Å². The van der Waals surface area contributed by atoms with E-state index in [1.54, 1.807) is 12.1 Å². The molecule has 0 aliphatic heterocycles. The molecule has 3 rings (SSSR count). The van der Waals surface area contributed by atoms with Gasteiger partial charge in [-0.15, -0.1) is 9.36 Å². The number of hydrogen-bond acceptors (Lipinski definition) is 7. The second-order valence-corrected chi connectivity index (χ2v) is 4.12. The van der Waals surface area contributed by atoms with Gasteiger partial charge in [-0.2, -0.15) is 0 Å². The van der Waals surface area contributed by atoms with Crippen molar-refractivity contribution >= 4 is 11.6 Å². The van der Waals surface area contributed by atoms with Crippen LogP contribution in [0, 0.1) is 20.2 Å². The van der Waals surface area contributed by atoms with Crippen LogP contribution >= 0.6 is 0 Å². The topological polar surface area (TPSA) is 135 Å². The van der Waals surface area contributed by atoms with Crippen LogP contribution in [0.25, 0.3) is 11.5 Å². The lowest BCUT2D eigenvalue weighted by Gasteiger charge is -1.99. The van der Waals surface area contributed by atoms with Gasteiger partial charge in [-0.1, -0.05) is 0 Å². The van der Waals surface area contributed by atoms with Crippen LogP contribution in [0.1, 0.15) is 0 Å². The van der Waals surface area contributed by atoms with Crippen LogP contribution in [-0.4, -0.2) is 34.4 Å². The Hall–Kier alpha value is -3.63. The first-order chi connectivity index (χ1) is 10.5. The third-order valence-corrected chi connectivity index (χ3v) is 2.75. The molecule has 0 fully saturated rings. The van der Waals surface area contributed by atoms with Crippen LogP contribution in [0.5, 0.6) is 0 Å². The lowest BCUT2D eigenvalue weighted by molar-refractivity contribution is -0.389. The number of aromatic nitrogens is 5. The van der Waals surface area contributed by atoms with Gasteiger partial charge in [0.1, 0.15) is 0 Å². The Labute approximate surface area is 121 Å². The lowest BCUT2D eigenvalue weighted by Crippen LogP contribution is -2.02. The van der Waals surface area contributed by atoms with Crippen LogP contribution in [0.4, 0.5) is 11.6 Å². The van der Waals surface area contributed by atoms with Gasteiger partial charge in [0.05, 0.1) is 40.4 Å². The smallest absolute Gasteiger partial charge is 0.358 e. The summed E-state index contributed by atoms with van der Waals surface area (Å²) in [5.74, 6) is -0.265. The zero-order valence-electron chi connectivity index (χ0n) is 10.8. The van der Waals surface area contributed by atoms with E-state index >= 15 is 0 Å². The summed E-state index contributed by atoms with van der Waals surface area (Å²) < 4.78 is 2.54. The minimum Gasteiger partial charge on any atom is -0.358 e. The molecule has 0 amide bonds. The van der Waals surface area contributed by atoms with Gasteiger partial charge >= 0.3 is 11.6 Å². The quantitative estimate of drug-likeness (QED) is 0.522. The van der Waals surface area contributed by atoms with E-state index in [4.69, 9.17) is 0 Å². The summed E-state index contributed by atoms with van der Waals surface area (Å²) in [6.07, 6.45) is 4.28. The van der Waals surface area contributed by atoms with Crippen LogP contribution < -0.4 is 0 Å². The molecule has 11 heteroatoms. The Kier molecular flexibility index (Phi) is 3.06. The van der Waals surface area contributed by atoms with Gasteiger partial charge in [0, 0.05) is 12.3 Å². The highest BCUT2D eigenvalue weighted by Gasteiger charge is 2.15. The fourth-order valence-electron chi connectivity index (χ4n) is 1.77. The van der Waals surface area contributed by atoms with E-state index in [1.807, 2.05) is 0 Å². The molecule has 22 heavy (non-hydrogen) atoms. The first kappa shape index (κ1) is 13.4. The maximum absolute atomic E-state index is 10.6. The highest BCUT2D eigenvalue weighted by molar-refractivity contribution is 5.39. The van der Waals surface area contributed by atoms with Crippen LogP contribution in [-0.2, 0) is 0 Å². The molecule has 3 aromatic heterocycles. The van der Waals surface area contributed by atoms with Gasteiger partial charge in [0.15, 0.2) is 5.82 Å². The maximum Gasteiger partial charge on any atom is 0.390 e. The minimum absolute atomic E-state index is 0.284. The summed E-state index contributed by atoms with van der Waals surface area (Å²) in [6, 6.07) is 5.65. The molecule has 0 aromatic carbocycles. The van der Waals surface area contributed by atoms with E-state index in [0.717, 1.165) is 0 Å². The zero-order valence-corrected chi connectivity index (χ0v) is 10.8. The third-order valence-electron chi connectivity index (χ3n) is 2.75. The minimum atomic E-state index is -0.614. The monoisotopic (exact) mass is 301 g/mol. The number of rotatable bonds is 4. The molecule has 11 nitrogen and oxygen atoms in total. The van der Waals surface area contributed by atoms with E-state index < -0.39 is 9.85 Å². The molecule has 0 bridgehead atoms. The average molecular weight is 301 g/mol. The molecule has 0 N–H and O–H groups in total. The van der Waals surface area contributed by atoms with Gasteiger partial charge in [-0.25, -0.2) is 4.98 Å². The number of nitro groups is 2. The Bertz CT molecular complexity index is 801. The molecular formula is C11H7N7O4. The first-order valence-corrected chi connectivity index (χ1v) is 5.91. The van der Waals surface area contributed by atoms with Crippen LogP contribution in [0.2, 0.25) is 0 Å². The van der Waals surface area contributed by atoms with E-state index in [9.17, 15) is 20.2 Å². The summed E-state index contributed by atoms with van der Waals surface area (Å²) in [6.45, 7) is 0. The summed E-state index contributed by atoms with van der Waals surface area (Å²) in [4.78, 5) is 24.1. The highest BCUT2D eigenvalue weighted by Crippen LogP contribution is 2.15. The molecule has 110 valence electrons. The van der Waals surface area contributed by atoms with Gasteiger partial charge in [0.25, 0.3) is 0 Å². The molecule has 0 saturated heterocycles. The second-order valence-electron chi connectivity index (χ2n) is 4.12. The Morgan fingerprint density at radius 1 is 0.909 bits per heavy atom. The fraction of sp³-hybridized carbons (Fsp3) is 0. The lowest BCUT2D eigenvalue weighted by atomic mass is 10.4. The molecule has 3 heterocycles. The number of pyridine rings is 1. The van der Waals surface area contributed by atoms with E-state index in [0.29, 0.717) is 11.5 Å². The molecule has 0 saturated carbocycles. The third kappa shape index (κ3) is 2.37. The zero-order chi connectivity index (χ0) is 15.7. The van der Waals surface area contributed by atoms with Gasteiger partial charge in [-0.3, -0.25) is 0 Å². The SMILES string of the molecule is O=[N+]([O-])c1ccn(-c2ccnc(-n3ccc([N+](=O)[O-])n3)c2)n1. The Morgan fingerprint density at radius 2 is 1.50 bits per heavy atom. The van der Waals surface area contributed by atoms with Crippen molar-refractivity contribution in [2.24, 2.45) is 0 Å². The summed E-state index contributed by atoms with van der Waals surface area (Å²) in [5, 5.41) is 28.8.